The molecule has 0 radical (unpaired) electrons. The molecule has 0 aromatic heterocycles. The van der Waals surface area contributed by atoms with Crippen LogP contribution in [0.3, 0.4) is 0 Å². The number of likely N-dealkylation sites (tertiary alicyclic amines) is 1. The lowest BCUT2D eigenvalue weighted by Crippen LogP contribution is -2.47. The molecule has 3 aliphatic rings. The molecule has 4 nitrogen and oxygen atoms in total. The summed E-state index contributed by atoms with van der Waals surface area (Å²) in [5.41, 5.74) is 1.91. The molecule has 1 unspecified atom stereocenters. The normalized spacial score (nSPS) is 33.9. The maximum Gasteiger partial charge on any atom is 0.225 e. The van der Waals surface area contributed by atoms with Gasteiger partial charge in [-0.3, -0.25) is 9.69 Å². The Morgan fingerprint density at radius 1 is 1.15 bits per heavy atom. The predicted molar refractivity (Wildman–Crippen MR) is 107 cm³/mol. The van der Waals surface area contributed by atoms with Crippen molar-refractivity contribution < 1.29 is 9.53 Å². The lowest BCUT2D eigenvalue weighted by Gasteiger charge is -2.49. The zero-order valence-corrected chi connectivity index (χ0v) is 17.0. The Kier molecular flexibility index (Phi) is 5.30. The highest BCUT2D eigenvalue weighted by molar-refractivity contribution is 5.77. The largest absolute Gasteiger partial charge is 0.378 e. The topological polar surface area (TPSA) is 32.8 Å². The number of nitrogens with zero attached hydrogens (tertiary/aromatic N) is 2. The van der Waals surface area contributed by atoms with Crippen LogP contribution in [0.4, 0.5) is 0 Å². The summed E-state index contributed by atoms with van der Waals surface area (Å²) in [4.78, 5) is 17.3. The van der Waals surface area contributed by atoms with E-state index in [1.807, 2.05) is 0 Å². The zero-order chi connectivity index (χ0) is 18.9. The minimum absolute atomic E-state index is 0.141. The Balaban J connectivity index is 1.40. The van der Waals surface area contributed by atoms with Crippen molar-refractivity contribution in [2.24, 2.45) is 5.41 Å². The second-order valence-electron chi connectivity index (χ2n) is 9.20. The fourth-order valence-electron chi connectivity index (χ4n) is 5.62. The molecule has 1 atom stereocenters. The first-order valence-corrected chi connectivity index (χ1v) is 10.7. The van der Waals surface area contributed by atoms with Crippen molar-refractivity contribution in [1.29, 1.82) is 0 Å². The molecule has 0 bridgehead atoms. The van der Waals surface area contributed by atoms with Crippen LogP contribution < -0.4 is 0 Å². The maximum absolute atomic E-state index is 12.7. The van der Waals surface area contributed by atoms with E-state index in [0.29, 0.717) is 17.7 Å². The third kappa shape index (κ3) is 3.66. The van der Waals surface area contributed by atoms with Gasteiger partial charge in [0.15, 0.2) is 0 Å². The molecule has 2 heterocycles. The Labute approximate surface area is 163 Å². The van der Waals surface area contributed by atoms with Gasteiger partial charge in [-0.2, -0.15) is 0 Å². The number of hydrogen-bond acceptors (Lipinski definition) is 3. The number of amides is 1. The minimum atomic E-state index is 0.141. The summed E-state index contributed by atoms with van der Waals surface area (Å²) >= 11 is 0. The van der Waals surface area contributed by atoms with Crippen molar-refractivity contribution in [1.82, 2.24) is 9.80 Å². The van der Waals surface area contributed by atoms with Gasteiger partial charge in [0, 0.05) is 25.2 Å². The lowest BCUT2D eigenvalue weighted by atomic mass is 9.64. The van der Waals surface area contributed by atoms with Gasteiger partial charge in [0.25, 0.3) is 0 Å². The van der Waals surface area contributed by atoms with Crippen LogP contribution in [0.2, 0.25) is 0 Å². The van der Waals surface area contributed by atoms with E-state index in [9.17, 15) is 4.79 Å². The molecule has 27 heavy (non-hydrogen) atoms. The van der Waals surface area contributed by atoms with E-state index < -0.39 is 0 Å². The second kappa shape index (κ2) is 7.56. The number of carbonyl (C=O) groups is 1. The van der Waals surface area contributed by atoms with Gasteiger partial charge in [-0.05, 0) is 70.0 Å². The average Bonchev–Trinajstić information content (AvgIpc) is 3.34. The average molecular weight is 371 g/mol. The first-order chi connectivity index (χ1) is 13.0. The minimum Gasteiger partial charge on any atom is -0.378 e. The van der Waals surface area contributed by atoms with E-state index in [0.717, 1.165) is 32.5 Å². The van der Waals surface area contributed by atoms with Crippen molar-refractivity contribution in [3.8, 4) is 0 Å². The summed E-state index contributed by atoms with van der Waals surface area (Å²) in [6, 6.07) is 11.0. The van der Waals surface area contributed by atoms with Crippen molar-refractivity contribution in [3.05, 3.63) is 35.9 Å². The summed E-state index contributed by atoms with van der Waals surface area (Å²) in [7, 11) is 4.44. The first kappa shape index (κ1) is 18.9. The first-order valence-electron chi connectivity index (χ1n) is 10.7. The van der Waals surface area contributed by atoms with Crippen LogP contribution >= 0.6 is 0 Å². The predicted octanol–water partition coefficient (Wildman–Crippen LogP) is 3.81. The Morgan fingerprint density at radius 3 is 2.52 bits per heavy atom. The fourth-order valence-corrected chi connectivity index (χ4v) is 5.62. The molecule has 3 fully saturated rings. The SMILES string of the molecule is CN(C)C1(c2ccccc2)CCC2(CCN(C(=O)CC3CCCO3)C2)CC1. The van der Waals surface area contributed by atoms with Crippen molar-refractivity contribution in [3.63, 3.8) is 0 Å². The van der Waals surface area contributed by atoms with Crippen LogP contribution in [-0.4, -0.2) is 55.6 Å². The van der Waals surface area contributed by atoms with Crippen LogP contribution in [0.15, 0.2) is 30.3 Å². The fraction of sp³-hybridized carbons (Fsp3) is 0.696. The van der Waals surface area contributed by atoms with Crippen LogP contribution in [0.5, 0.6) is 0 Å². The lowest BCUT2D eigenvalue weighted by molar-refractivity contribution is -0.133. The Bertz CT molecular complexity index is 644. The van der Waals surface area contributed by atoms with Crippen LogP contribution in [-0.2, 0) is 15.1 Å². The van der Waals surface area contributed by atoms with E-state index in [2.05, 4.69) is 54.2 Å². The molecule has 2 saturated heterocycles. The Hall–Kier alpha value is -1.39. The number of rotatable bonds is 4. The number of benzene rings is 1. The van der Waals surface area contributed by atoms with E-state index in [4.69, 9.17) is 4.74 Å². The molecule has 1 spiro atoms. The summed E-state index contributed by atoms with van der Waals surface area (Å²) in [6.07, 6.45) is 8.86. The maximum atomic E-state index is 12.7. The monoisotopic (exact) mass is 370 g/mol. The molecule has 2 aliphatic heterocycles. The highest BCUT2D eigenvalue weighted by Gasteiger charge is 2.48. The van der Waals surface area contributed by atoms with Crippen molar-refractivity contribution in [2.45, 2.75) is 63.0 Å². The third-order valence-corrected chi connectivity index (χ3v) is 7.52. The summed E-state index contributed by atoms with van der Waals surface area (Å²) in [5.74, 6) is 0.311. The van der Waals surface area contributed by atoms with Gasteiger partial charge in [-0.25, -0.2) is 0 Å². The molecule has 1 amide bonds. The van der Waals surface area contributed by atoms with Crippen LogP contribution in [0.1, 0.15) is 56.9 Å². The number of carbonyl (C=O) groups excluding carboxylic acids is 1. The van der Waals surface area contributed by atoms with Gasteiger partial charge in [-0.1, -0.05) is 30.3 Å². The molecular formula is C23H34N2O2. The number of hydrogen-bond donors (Lipinski definition) is 0. The van der Waals surface area contributed by atoms with Crippen molar-refractivity contribution in [2.75, 3.05) is 33.8 Å². The van der Waals surface area contributed by atoms with Gasteiger partial charge >= 0.3 is 0 Å². The second-order valence-corrected chi connectivity index (χ2v) is 9.20. The van der Waals surface area contributed by atoms with Gasteiger partial charge < -0.3 is 9.64 Å². The smallest absolute Gasteiger partial charge is 0.225 e. The van der Waals surface area contributed by atoms with Gasteiger partial charge in [0.1, 0.15) is 0 Å². The summed E-state index contributed by atoms with van der Waals surface area (Å²) in [6.45, 7) is 2.72. The highest BCUT2D eigenvalue weighted by atomic mass is 16.5. The van der Waals surface area contributed by atoms with E-state index >= 15 is 0 Å². The molecule has 4 rings (SSSR count). The van der Waals surface area contributed by atoms with Gasteiger partial charge in [0.2, 0.25) is 5.91 Å². The Morgan fingerprint density at radius 2 is 1.89 bits per heavy atom. The highest BCUT2D eigenvalue weighted by Crippen LogP contribution is 2.51. The van der Waals surface area contributed by atoms with Gasteiger partial charge in [0.05, 0.1) is 12.5 Å². The van der Waals surface area contributed by atoms with E-state index in [-0.39, 0.29) is 11.6 Å². The molecule has 1 aromatic rings. The molecule has 1 aliphatic carbocycles. The molecular weight excluding hydrogens is 336 g/mol. The molecule has 1 saturated carbocycles. The zero-order valence-electron chi connectivity index (χ0n) is 17.0. The molecule has 0 N–H and O–H groups in total. The summed E-state index contributed by atoms with van der Waals surface area (Å²) in [5, 5.41) is 0. The quantitative estimate of drug-likeness (QED) is 0.808. The van der Waals surface area contributed by atoms with E-state index in [1.54, 1.807) is 0 Å². The number of ether oxygens (including phenoxy) is 1. The standard InChI is InChI=1S/C23H34N2O2/c1-24(2)23(19-7-4-3-5-8-19)12-10-22(11-13-23)14-15-25(18-22)21(26)17-20-9-6-16-27-20/h3-5,7-8,20H,6,9-18H2,1-2H3. The summed E-state index contributed by atoms with van der Waals surface area (Å²) < 4.78 is 5.67. The van der Waals surface area contributed by atoms with Crippen LogP contribution in [0, 0.1) is 5.41 Å². The van der Waals surface area contributed by atoms with Crippen molar-refractivity contribution >= 4 is 5.91 Å². The third-order valence-electron chi connectivity index (χ3n) is 7.52. The molecule has 148 valence electrons. The van der Waals surface area contributed by atoms with E-state index in [1.165, 1.54) is 37.7 Å². The van der Waals surface area contributed by atoms with Crippen LogP contribution in [0.25, 0.3) is 0 Å². The van der Waals surface area contributed by atoms with Gasteiger partial charge in [-0.15, -0.1) is 0 Å². The molecule has 1 aromatic carbocycles. The molecule has 4 heteroatoms.